The summed E-state index contributed by atoms with van der Waals surface area (Å²) in [5, 5.41) is 2.39. The van der Waals surface area contributed by atoms with Crippen molar-refractivity contribution in [1.29, 1.82) is 0 Å². The third-order valence-corrected chi connectivity index (χ3v) is 6.73. The van der Waals surface area contributed by atoms with Crippen molar-refractivity contribution in [3.63, 3.8) is 0 Å². The van der Waals surface area contributed by atoms with Gasteiger partial charge in [-0.15, -0.1) is 0 Å². The van der Waals surface area contributed by atoms with Gasteiger partial charge in [0.25, 0.3) is 10.0 Å². The summed E-state index contributed by atoms with van der Waals surface area (Å²) >= 11 is 1.31. The standard InChI is InChI=1S/C19H14N2O4S2/c22-27(23,13-6-7-15-16(11-13)25-10-9-24-15)21-19-20-18-14-4-2-1-3-12(14)5-8-17(18)26-19/h1-8,11H,9-10H2,(H,20,21). The van der Waals surface area contributed by atoms with Crippen LogP contribution in [0.15, 0.2) is 59.5 Å². The van der Waals surface area contributed by atoms with Crippen molar-refractivity contribution in [2.75, 3.05) is 17.9 Å². The van der Waals surface area contributed by atoms with Gasteiger partial charge in [-0.05, 0) is 23.6 Å². The summed E-state index contributed by atoms with van der Waals surface area (Å²) in [6, 6.07) is 16.4. The zero-order chi connectivity index (χ0) is 18.4. The molecule has 0 saturated carbocycles. The van der Waals surface area contributed by atoms with Crippen LogP contribution >= 0.6 is 11.3 Å². The predicted octanol–water partition coefficient (Wildman–Crippen LogP) is 4.02. The van der Waals surface area contributed by atoms with E-state index < -0.39 is 10.0 Å². The smallest absolute Gasteiger partial charge is 0.263 e. The van der Waals surface area contributed by atoms with Gasteiger partial charge in [0.2, 0.25) is 0 Å². The van der Waals surface area contributed by atoms with E-state index in [9.17, 15) is 8.42 Å². The Labute approximate surface area is 159 Å². The van der Waals surface area contributed by atoms with Gasteiger partial charge in [-0.2, -0.15) is 0 Å². The molecular formula is C19H14N2O4S2. The minimum Gasteiger partial charge on any atom is -0.486 e. The van der Waals surface area contributed by atoms with E-state index in [-0.39, 0.29) is 4.90 Å². The van der Waals surface area contributed by atoms with Crippen LogP contribution in [0.1, 0.15) is 0 Å². The number of aromatic nitrogens is 1. The molecule has 0 fully saturated rings. The minimum atomic E-state index is -3.79. The molecule has 1 aliphatic heterocycles. The third kappa shape index (κ3) is 2.87. The average molecular weight is 398 g/mol. The maximum atomic E-state index is 12.8. The predicted molar refractivity (Wildman–Crippen MR) is 105 cm³/mol. The molecule has 2 heterocycles. The molecule has 1 aliphatic rings. The van der Waals surface area contributed by atoms with E-state index >= 15 is 0 Å². The topological polar surface area (TPSA) is 77.5 Å². The van der Waals surface area contributed by atoms with Crippen LogP contribution in [0.4, 0.5) is 5.13 Å². The first-order valence-electron chi connectivity index (χ1n) is 8.31. The molecule has 8 heteroatoms. The SMILES string of the molecule is O=S(=O)(Nc1nc2c(ccc3ccccc32)s1)c1ccc2c(c1)OCCO2. The van der Waals surface area contributed by atoms with Crippen LogP contribution in [0.25, 0.3) is 21.0 Å². The van der Waals surface area contributed by atoms with Crippen LogP contribution in [-0.4, -0.2) is 26.6 Å². The number of thiazole rings is 1. The molecule has 0 spiro atoms. The molecule has 3 aromatic carbocycles. The molecule has 0 amide bonds. The first kappa shape index (κ1) is 16.3. The summed E-state index contributed by atoms with van der Waals surface area (Å²) in [6.45, 7) is 0.853. The number of rotatable bonds is 3. The van der Waals surface area contributed by atoms with E-state index in [1.54, 1.807) is 6.07 Å². The van der Waals surface area contributed by atoms with Crippen LogP contribution in [-0.2, 0) is 10.0 Å². The Balaban J connectivity index is 1.53. The summed E-state index contributed by atoms with van der Waals surface area (Å²) in [5.41, 5.74) is 0.790. The van der Waals surface area contributed by atoms with Crippen LogP contribution < -0.4 is 14.2 Å². The molecule has 27 heavy (non-hydrogen) atoms. The number of fused-ring (bicyclic) bond motifs is 4. The Morgan fingerprint density at radius 1 is 0.963 bits per heavy atom. The Bertz CT molecular complexity index is 1280. The van der Waals surface area contributed by atoms with E-state index in [0.717, 1.165) is 21.0 Å². The lowest BCUT2D eigenvalue weighted by molar-refractivity contribution is 0.171. The second-order valence-electron chi connectivity index (χ2n) is 6.06. The van der Waals surface area contributed by atoms with Crippen molar-refractivity contribution in [3.05, 3.63) is 54.6 Å². The van der Waals surface area contributed by atoms with Crippen molar-refractivity contribution in [3.8, 4) is 11.5 Å². The number of anilines is 1. The lowest BCUT2D eigenvalue weighted by Gasteiger charge is -2.18. The van der Waals surface area contributed by atoms with Gasteiger partial charge in [0, 0.05) is 11.5 Å². The molecule has 0 saturated heterocycles. The summed E-state index contributed by atoms with van der Waals surface area (Å²) in [7, 11) is -3.79. The van der Waals surface area contributed by atoms with Gasteiger partial charge in [-0.3, -0.25) is 4.72 Å². The summed E-state index contributed by atoms with van der Waals surface area (Å²) in [5.74, 6) is 0.978. The van der Waals surface area contributed by atoms with Crippen molar-refractivity contribution in [1.82, 2.24) is 4.98 Å². The maximum Gasteiger partial charge on any atom is 0.263 e. The Morgan fingerprint density at radius 2 is 1.78 bits per heavy atom. The summed E-state index contributed by atoms with van der Waals surface area (Å²) < 4.78 is 40.0. The number of benzene rings is 3. The number of nitrogens with one attached hydrogen (secondary N) is 1. The molecule has 0 aliphatic carbocycles. The molecule has 4 aromatic rings. The number of ether oxygens (including phenoxy) is 2. The molecule has 0 bridgehead atoms. The van der Waals surface area contributed by atoms with E-state index in [1.165, 1.54) is 23.5 Å². The maximum absolute atomic E-state index is 12.8. The number of sulfonamides is 1. The highest BCUT2D eigenvalue weighted by atomic mass is 32.2. The van der Waals surface area contributed by atoms with Crippen molar-refractivity contribution in [2.45, 2.75) is 4.90 Å². The van der Waals surface area contributed by atoms with Crippen LogP contribution in [0, 0.1) is 0 Å². The molecule has 136 valence electrons. The zero-order valence-electron chi connectivity index (χ0n) is 14.0. The van der Waals surface area contributed by atoms with Gasteiger partial charge < -0.3 is 9.47 Å². The first-order chi connectivity index (χ1) is 13.1. The number of hydrogen-bond donors (Lipinski definition) is 1. The summed E-state index contributed by atoms with van der Waals surface area (Å²) in [6.07, 6.45) is 0. The van der Waals surface area contributed by atoms with Gasteiger partial charge in [0.15, 0.2) is 16.6 Å². The normalized spacial score (nSPS) is 13.8. The van der Waals surface area contributed by atoms with Crippen molar-refractivity contribution < 1.29 is 17.9 Å². The fraction of sp³-hybridized carbons (Fsp3) is 0.105. The highest BCUT2D eigenvalue weighted by Gasteiger charge is 2.21. The number of nitrogens with zero attached hydrogens (tertiary/aromatic N) is 1. The molecule has 0 atom stereocenters. The monoisotopic (exact) mass is 398 g/mol. The van der Waals surface area contributed by atoms with Gasteiger partial charge in [0.1, 0.15) is 13.2 Å². The van der Waals surface area contributed by atoms with E-state index in [0.29, 0.717) is 29.8 Å². The fourth-order valence-electron chi connectivity index (χ4n) is 3.07. The lowest BCUT2D eigenvalue weighted by Crippen LogP contribution is -2.17. The van der Waals surface area contributed by atoms with E-state index in [2.05, 4.69) is 9.71 Å². The average Bonchev–Trinajstić information content (AvgIpc) is 3.10. The van der Waals surface area contributed by atoms with Gasteiger partial charge in [-0.1, -0.05) is 41.7 Å². The number of hydrogen-bond acceptors (Lipinski definition) is 6. The van der Waals surface area contributed by atoms with Gasteiger partial charge in [0.05, 0.1) is 15.1 Å². The molecule has 5 rings (SSSR count). The third-order valence-electron chi connectivity index (χ3n) is 4.33. The molecule has 0 radical (unpaired) electrons. The van der Waals surface area contributed by atoms with Gasteiger partial charge >= 0.3 is 0 Å². The van der Waals surface area contributed by atoms with Crippen molar-refractivity contribution >= 4 is 47.5 Å². The molecule has 6 nitrogen and oxygen atoms in total. The minimum absolute atomic E-state index is 0.107. The fourth-order valence-corrected chi connectivity index (χ4v) is 5.20. The first-order valence-corrected chi connectivity index (χ1v) is 10.6. The Morgan fingerprint density at radius 3 is 2.67 bits per heavy atom. The second kappa shape index (κ2) is 6.11. The molecular weight excluding hydrogens is 384 g/mol. The molecule has 1 aromatic heterocycles. The molecule has 1 N–H and O–H groups in total. The highest BCUT2D eigenvalue weighted by Crippen LogP contribution is 2.35. The van der Waals surface area contributed by atoms with Gasteiger partial charge in [-0.25, -0.2) is 13.4 Å². The summed E-state index contributed by atoms with van der Waals surface area (Å²) in [4.78, 5) is 4.62. The van der Waals surface area contributed by atoms with Crippen LogP contribution in [0.3, 0.4) is 0 Å². The highest BCUT2D eigenvalue weighted by molar-refractivity contribution is 7.93. The largest absolute Gasteiger partial charge is 0.486 e. The van der Waals surface area contributed by atoms with E-state index in [1.807, 2.05) is 36.4 Å². The quantitative estimate of drug-likeness (QED) is 0.564. The Hall–Kier alpha value is -2.84. The van der Waals surface area contributed by atoms with Crippen LogP contribution in [0.2, 0.25) is 0 Å². The van der Waals surface area contributed by atoms with E-state index in [4.69, 9.17) is 9.47 Å². The lowest BCUT2D eigenvalue weighted by atomic mass is 10.1. The zero-order valence-corrected chi connectivity index (χ0v) is 15.6. The molecule has 0 unspecified atom stereocenters. The van der Waals surface area contributed by atoms with Crippen LogP contribution in [0.5, 0.6) is 11.5 Å². The Kier molecular flexibility index (Phi) is 3.70. The second-order valence-corrected chi connectivity index (χ2v) is 8.78. The van der Waals surface area contributed by atoms with Crippen molar-refractivity contribution in [2.24, 2.45) is 0 Å².